The van der Waals surface area contributed by atoms with Gasteiger partial charge in [0.25, 0.3) is 0 Å². The molecule has 4 heterocycles. The number of rotatable bonds is 11. The topological polar surface area (TPSA) is 172 Å². The number of aliphatic imine (C=N–C) groups is 1. The van der Waals surface area contributed by atoms with E-state index in [1.54, 1.807) is 35.5 Å². The van der Waals surface area contributed by atoms with Gasteiger partial charge in [-0.05, 0) is 170 Å². The minimum absolute atomic E-state index is 0.0337. The summed E-state index contributed by atoms with van der Waals surface area (Å²) in [5.41, 5.74) is 5.99. The van der Waals surface area contributed by atoms with Gasteiger partial charge in [0.1, 0.15) is 35.8 Å². The normalized spacial score (nSPS) is 23.5. The molecule has 12 rings (SSSR count). The maximum atomic E-state index is 14.3. The number of nitrogens with one attached hydrogen (secondary N) is 4. The molecule has 17 heteroatoms. The van der Waals surface area contributed by atoms with Gasteiger partial charge in [-0.1, -0.05) is 74.1 Å². The van der Waals surface area contributed by atoms with Crippen molar-refractivity contribution in [1.82, 2.24) is 30.7 Å². The van der Waals surface area contributed by atoms with Crippen molar-refractivity contribution < 1.29 is 36.7 Å². The molecule has 13 nitrogen and oxygen atoms in total. The molecule has 7 aliphatic rings. The standard InChI is InChI=1S/C33H31F2N5O2.C29H36N4O2.C6H4F2/c1-32(26-16-27(34)18-28(35)17-26)20-38-33(8-2-3-9-33)31(42)40(32)11-5-7-21-12-24-15-29(41)39-30-22(6-4-10-37-30)13-23(24)14-25(21)19-36;1-3-4-7-12-30-19-31-27(34)24-13-21-8-9-22(14-23(21)15-24)26-16-25(26)18-33-20(2)17-32-29(28(33)35)10-5-6-11-29;7-5-2-1-3-6(8)4-5/h4-7,10,12,14,16-18,38H,2-3,8-9,11,13,15,20H2,1H3,(H,37,39,41);1,4,7-9,12,14,20,24-26,32H,5-6,10-11,13,15-19H2,2H3,(H,31,34);1-4H/b7-5+;7-4-,30-12-;/t32-;20-,24+,25?,26?;/m00./s1. The molecular weight excluding hydrogens is 1080 g/mol. The van der Waals surface area contributed by atoms with E-state index in [9.17, 15) is 42.0 Å². The lowest BCUT2D eigenvalue weighted by Gasteiger charge is -2.51. The van der Waals surface area contributed by atoms with Crippen molar-refractivity contribution in [3.8, 4) is 18.4 Å². The van der Waals surface area contributed by atoms with Crippen LogP contribution in [0.4, 0.5) is 23.4 Å². The molecule has 4 N–H and O–H groups in total. The van der Waals surface area contributed by atoms with Gasteiger partial charge in [-0.3, -0.25) is 24.2 Å². The summed E-state index contributed by atoms with van der Waals surface area (Å²) in [6, 6.07) is 24.6. The highest BCUT2D eigenvalue weighted by Gasteiger charge is 2.54. The van der Waals surface area contributed by atoms with E-state index in [2.05, 4.69) is 73.3 Å². The van der Waals surface area contributed by atoms with Crippen LogP contribution in [0.1, 0.15) is 128 Å². The molecule has 2 saturated heterocycles. The number of allylic oxidation sites excluding steroid dienone is 2. The highest BCUT2D eigenvalue weighted by Crippen LogP contribution is 2.50. The first kappa shape index (κ1) is 59.9. The number of pyridine rings is 1. The number of piperazine rings is 2. The van der Waals surface area contributed by atoms with Gasteiger partial charge in [-0.15, -0.1) is 6.42 Å². The lowest BCUT2D eigenvalue weighted by molar-refractivity contribution is -0.149. The number of anilines is 1. The Morgan fingerprint density at radius 1 is 0.824 bits per heavy atom. The number of amides is 4. The smallest absolute Gasteiger partial charge is 0.243 e. The molecule has 5 fully saturated rings. The number of nitriles is 1. The van der Waals surface area contributed by atoms with Crippen LogP contribution in [-0.4, -0.2) is 94.6 Å². The minimum Gasteiger partial charge on any atom is -0.337 e. The van der Waals surface area contributed by atoms with Crippen LogP contribution in [0.5, 0.6) is 0 Å². The molecule has 3 saturated carbocycles. The Hall–Kier alpha value is -8.25. The molecule has 2 spiro atoms. The minimum atomic E-state index is -0.998. The summed E-state index contributed by atoms with van der Waals surface area (Å²) in [4.78, 5) is 65.0. The Kier molecular flexibility index (Phi) is 18.3. The van der Waals surface area contributed by atoms with Gasteiger partial charge in [0.05, 0.1) is 34.7 Å². The number of carbonyl (C=O) groups excluding carboxylic acids is 4. The molecule has 440 valence electrons. The van der Waals surface area contributed by atoms with E-state index < -0.39 is 34.3 Å². The van der Waals surface area contributed by atoms with Crippen molar-refractivity contribution in [3.63, 3.8) is 0 Å². The van der Waals surface area contributed by atoms with Crippen LogP contribution in [-0.2, 0) is 50.4 Å². The van der Waals surface area contributed by atoms with Crippen LogP contribution in [0.15, 0.2) is 114 Å². The molecule has 4 aliphatic carbocycles. The third-order valence-corrected chi connectivity index (χ3v) is 18.1. The fourth-order valence-electron chi connectivity index (χ4n) is 13.3. The summed E-state index contributed by atoms with van der Waals surface area (Å²) in [6.45, 7) is 6.55. The number of terminal acetylenes is 1. The van der Waals surface area contributed by atoms with Crippen LogP contribution < -0.4 is 21.3 Å². The lowest BCUT2D eigenvalue weighted by atomic mass is 9.81. The molecule has 4 amide bonds. The molecule has 4 aromatic carbocycles. The molecule has 2 unspecified atom stereocenters. The van der Waals surface area contributed by atoms with Crippen LogP contribution in [0.25, 0.3) is 6.08 Å². The molecule has 3 aliphatic heterocycles. The first-order chi connectivity index (χ1) is 41.0. The van der Waals surface area contributed by atoms with Gasteiger partial charge >= 0.3 is 0 Å². The average molecular weight is 1150 g/mol. The number of hydrogen-bond donors (Lipinski definition) is 4. The molecule has 1 aromatic heterocycles. The molecule has 0 bridgehead atoms. The Bertz CT molecular complexity index is 3500. The van der Waals surface area contributed by atoms with Crippen LogP contribution >= 0.6 is 0 Å². The number of benzene rings is 4. The van der Waals surface area contributed by atoms with E-state index in [-0.39, 0.29) is 54.9 Å². The van der Waals surface area contributed by atoms with Gasteiger partial charge in [-0.2, -0.15) is 5.26 Å². The third kappa shape index (κ3) is 13.5. The van der Waals surface area contributed by atoms with Crippen molar-refractivity contribution in [2.75, 3.05) is 38.2 Å². The predicted molar refractivity (Wildman–Crippen MR) is 319 cm³/mol. The predicted octanol–water partition coefficient (Wildman–Crippen LogP) is 9.93. The molecule has 5 atom stereocenters. The maximum absolute atomic E-state index is 14.3. The van der Waals surface area contributed by atoms with E-state index >= 15 is 0 Å². The summed E-state index contributed by atoms with van der Waals surface area (Å²) in [5, 5.41) is 22.8. The van der Waals surface area contributed by atoms with Crippen molar-refractivity contribution >= 4 is 41.7 Å². The second-order valence-corrected chi connectivity index (χ2v) is 23.8. The number of hydrogen-bond acceptors (Lipinski definition) is 9. The summed E-state index contributed by atoms with van der Waals surface area (Å²) in [7, 11) is 0. The Morgan fingerprint density at radius 2 is 1.52 bits per heavy atom. The molecular formula is C68H71F4N9O4. The van der Waals surface area contributed by atoms with Gasteiger partial charge in [0, 0.05) is 69.1 Å². The van der Waals surface area contributed by atoms with Gasteiger partial charge < -0.3 is 31.1 Å². The van der Waals surface area contributed by atoms with E-state index in [4.69, 9.17) is 6.42 Å². The van der Waals surface area contributed by atoms with Crippen molar-refractivity contribution in [2.24, 2.45) is 16.8 Å². The number of halogens is 4. The van der Waals surface area contributed by atoms with Crippen LogP contribution in [0.3, 0.4) is 0 Å². The Morgan fingerprint density at radius 3 is 2.21 bits per heavy atom. The van der Waals surface area contributed by atoms with Gasteiger partial charge in [0.15, 0.2) is 0 Å². The third-order valence-electron chi connectivity index (χ3n) is 18.1. The quantitative estimate of drug-likeness (QED) is 0.0575. The first-order valence-corrected chi connectivity index (χ1v) is 29.5. The van der Waals surface area contributed by atoms with Crippen LogP contribution in [0.2, 0.25) is 0 Å². The number of fused-ring (bicyclic) bond motifs is 3. The summed E-state index contributed by atoms with van der Waals surface area (Å²) < 4.78 is 52.4. The van der Waals surface area contributed by atoms with Crippen LogP contribution in [0, 0.1) is 58.8 Å². The zero-order valence-electron chi connectivity index (χ0n) is 48.0. The Balaban J connectivity index is 0.000000169. The summed E-state index contributed by atoms with van der Waals surface area (Å²) >= 11 is 0. The zero-order chi connectivity index (χ0) is 59.9. The van der Waals surface area contributed by atoms with Crippen molar-refractivity contribution in [3.05, 3.63) is 183 Å². The largest absolute Gasteiger partial charge is 0.337 e. The first-order valence-electron chi connectivity index (χ1n) is 29.5. The molecule has 5 aromatic rings. The number of aromatic nitrogens is 1. The maximum Gasteiger partial charge on any atom is 0.243 e. The second kappa shape index (κ2) is 25.9. The van der Waals surface area contributed by atoms with Crippen molar-refractivity contribution in [2.45, 2.75) is 126 Å². The highest BCUT2D eigenvalue weighted by molar-refractivity contribution is 5.93. The SMILES string of the molecule is C#C/C=C\C=N/CNC(=O)[C@@H]1Cc2ccc(C3CC3CN3C(=O)C4(CCCC4)NC[C@@H]3C)cc2C1.C[C@@]1(c2cc(F)cc(F)c2)CNC2(CCCC2)C(=O)N1C/C=C/c1cc2c(cc1C#N)Cc1cccnc1NC(=O)C2.Fc1cccc(F)c1. The Labute approximate surface area is 494 Å². The van der Waals surface area contributed by atoms with E-state index in [0.717, 1.165) is 99.7 Å². The van der Waals surface area contributed by atoms with E-state index in [1.165, 1.54) is 47.0 Å². The fraction of sp³-hybridized carbons (Fsp3) is 0.397. The highest BCUT2D eigenvalue weighted by atomic mass is 19.1. The summed E-state index contributed by atoms with van der Waals surface area (Å²) in [6.07, 6.45) is 26.1. The number of nitrogens with zero attached hydrogens (tertiary/aromatic N) is 5. The second-order valence-electron chi connectivity index (χ2n) is 23.8. The van der Waals surface area contributed by atoms with E-state index in [1.807, 2.05) is 37.3 Å². The number of carbonyl (C=O) groups is 4. The fourth-order valence-corrected chi connectivity index (χ4v) is 13.3. The van der Waals surface area contributed by atoms with E-state index in [0.29, 0.717) is 66.1 Å². The molecule has 85 heavy (non-hydrogen) atoms. The summed E-state index contributed by atoms with van der Waals surface area (Å²) in [5.74, 6) is 1.58. The van der Waals surface area contributed by atoms with Crippen molar-refractivity contribution in [1.29, 1.82) is 5.26 Å². The monoisotopic (exact) mass is 1150 g/mol. The van der Waals surface area contributed by atoms with Gasteiger partial charge in [0.2, 0.25) is 23.6 Å². The average Bonchev–Trinajstić information content (AvgIpc) is 2.05. The lowest BCUT2D eigenvalue weighted by Crippen LogP contribution is -2.70. The molecule has 0 radical (unpaired) electrons. The van der Waals surface area contributed by atoms with Gasteiger partial charge in [-0.25, -0.2) is 22.5 Å². The zero-order valence-corrected chi connectivity index (χ0v) is 48.0.